The van der Waals surface area contributed by atoms with E-state index < -0.39 is 40.9 Å². The number of H-pyrrole nitrogens is 1. The second-order valence-electron chi connectivity index (χ2n) is 9.63. The Labute approximate surface area is 255 Å². The Hall–Kier alpha value is -4.41. The van der Waals surface area contributed by atoms with Crippen molar-refractivity contribution in [2.45, 2.75) is 29.1 Å². The minimum Gasteiger partial charge on any atom is -0.477 e. The molecule has 0 spiro atoms. The fraction of sp³-hybridized carbons (Fsp3) is 0.222. The van der Waals surface area contributed by atoms with Gasteiger partial charge in [-0.2, -0.15) is 0 Å². The van der Waals surface area contributed by atoms with Gasteiger partial charge in [0.25, 0.3) is 5.91 Å². The van der Waals surface area contributed by atoms with E-state index in [1.165, 1.54) is 39.8 Å². The summed E-state index contributed by atoms with van der Waals surface area (Å²) in [7, 11) is 0. The quantitative estimate of drug-likeness (QED) is 0.166. The number of carboxylic acids is 1. The number of fused-ring (bicyclic) bond motifs is 2. The number of amides is 3. The fourth-order valence-corrected chi connectivity index (χ4v) is 8.20. The highest BCUT2D eigenvalue weighted by molar-refractivity contribution is 8.01. The van der Waals surface area contributed by atoms with Gasteiger partial charge >= 0.3 is 17.7 Å². The Bertz CT molecular complexity index is 1880. The predicted molar refractivity (Wildman–Crippen MR) is 162 cm³/mol. The third-order valence-corrected chi connectivity index (χ3v) is 10.2. The first-order chi connectivity index (χ1) is 20.7. The van der Waals surface area contributed by atoms with E-state index in [1.807, 2.05) is 6.92 Å². The Morgan fingerprint density at radius 2 is 1.88 bits per heavy atom. The van der Waals surface area contributed by atoms with E-state index in [0.717, 1.165) is 9.57 Å². The molecule has 4 aromatic rings. The number of carbonyl (C=O) groups is 4. The molecule has 13 nitrogen and oxygen atoms in total. The van der Waals surface area contributed by atoms with Crippen molar-refractivity contribution < 1.29 is 24.3 Å². The van der Waals surface area contributed by atoms with Gasteiger partial charge in [-0.3, -0.25) is 14.5 Å². The lowest BCUT2D eigenvalue weighted by atomic mass is 10.0. The Morgan fingerprint density at radius 3 is 2.65 bits per heavy atom. The number of aliphatic carboxylic acids is 1. The van der Waals surface area contributed by atoms with Crippen LogP contribution in [0.2, 0.25) is 0 Å². The Morgan fingerprint density at radius 1 is 1.12 bits per heavy atom. The van der Waals surface area contributed by atoms with Crippen LogP contribution in [0.25, 0.3) is 11.0 Å². The number of para-hydroxylation sites is 3. The van der Waals surface area contributed by atoms with E-state index >= 15 is 0 Å². The van der Waals surface area contributed by atoms with Crippen molar-refractivity contribution in [1.82, 2.24) is 30.0 Å². The average Bonchev–Trinajstić information content (AvgIpc) is 3.56. The van der Waals surface area contributed by atoms with Crippen LogP contribution in [0.4, 0.5) is 10.5 Å². The smallest absolute Gasteiger partial charge is 0.352 e. The van der Waals surface area contributed by atoms with Gasteiger partial charge in [-0.05, 0) is 36.3 Å². The van der Waals surface area contributed by atoms with Crippen molar-refractivity contribution in [3.63, 3.8) is 0 Å². The Balaban J connectivity index is 1.12. The highest BCUT2D eigenvalue weighted by Gasteiger charge is 2.54. The highest BCUT2D eigenvalue weighted by Crippen LogP contribution is 2.41. The van der Waals surface area contributed by atoms with Crippen LogP contribution in [0.5, 0.6) is 0 Å². The van der Waals surface area contributed by atoms with Gasteiger partial charge in [-0.25, -0.2) is 19.0 Å². The molecule has 1 fully saturated rings. The molecule has 2 aromatic heterocycles. The molecule has 4 N–H and O–H groups in total. The molecular weight excluding hydrogens is 615 g/mol. The summed E-state index contributed by atoms with van der Waals surface area (Å²) in [5.74, 6) is -1.44. The van der Waals surface area contributed by atoms with Crippen LogP contribution in [0.15, 0.2) is 68.9 Å². The molecule has 4 heterocycles. The van der Waals surface area contributed by atoms with Gasteiger partial charge in [0, 0.05) is 17.2 Å². The number of aromatic amines is 1. The van der Waals surface area contributed by atoms with Crippen molar-refractivity contribution in [2.75, 3.05) is 16.8 Å². The van der Waals surface area contributed by atoms with Crippen LogP contribution in [-0.4, -0.2) is 76.5 Å². The monoisotopic (exact) mass is 637 g/mol. The molecule has 0 aliphatic carbocycles. The standard InChI is InChI=1S/C27H23N7O6S3/c1-13-31-32-27(43-13)42-12-15-11-41-23-20(22(36)34(23)21(15)24(37)38)30-19(35)10-14-6-2-3-7-16(14)28-25(39)33-18-9-5-4-8-17(18)29-26(33)40/h2-9,20,23H,10-12H2,1H3,(H,28,39)(H,29,40)(H,30,35)(H,37,38)/t20?,23-/m1/s1. The lowest BCUT2D eigenvalue weighted by molar-refractivity contribution is -0.150. The summed E-state index contributed by atoms with van der Waals surface area (Å²) >= 11 is 4.16. The van der Waals surface area contributed by atoms with Gasteiger partial charge < -0.3 is 20.7 Å². The zero-order chi connectivity index (χ0) is 30.2. The maximum Gasteiger partial charge on any atom is 0.352 e. The second kappa shape index (κ2) is 11.7. The number of aromatic nitrogens is 4. The van der Waals surface area contributed by atoms with E-state index in [2.05, 4.69) is 25.8 Å². The molecule has 1 unspecified atom stereocenters. The summed E-state index contributed by atoms with van der Waals surface area (Å²) < 4.78 is 1.69. The number of imidazole rings is 1. The van der Waals surface area contributed by atoms with E-state index in [-0.39, 0.29) is 12.1 Å². The summed E-state index contributed by atoms with van der Waals surface area (Å²) in [6.07, 6.45) is -0.162. The van der Waals surface area contributed by atoms with Crippen LogP contribution < -0.4 is 16.3 Å². The minimum absolute atomic E-state index is 0.0615. The summed E-state index contributed by atoms with van der Waals surface area (Å²) in [6.45, 7) is 1.83. The van der Waals surface area contributed by atoms with Crippen LogP contribution in [0.1, 0.15) is 10.6 Å². The lowest BCUT2D eigenvalue weighted by Crippen LogP contribution is -2.70. The SMILES string of the molecule is Cc1nnc(SCC2=C(C(=O)O)N3C(=O)C(NC(=O)Cc4ccccc4NC(=O)n4c(=O)[nH]c5ccccc54)[C@H]3SC2)s1. The molecule has 0 saturated carbocycles. The molecule has 43 heavy (non-hydrogen) atoms. The molecule has 220 valence electrons. The summed E-state index contributed by atoms with van der Waals surface area (Å²) in [4.78, 5) is 67.6. The van der Waals surface area contributed by atoms with Gasteiger partial charge in [-0.15, -0.1) is 22.0 Å². The summed E-state index contributed by atoms with van der Waals surface area (Å²) in [5, 5.41) is 23.6. The van der Waals surface area contributed by atoms with Gasteiger partial charge in [0.05, 0.1) is 17.5 Å². The molecule has 0 bridgehead atoms. The van der Waals surface area contributed by atoms with Crippen molar-refractivity contribution in [2.24, 2.45) is 0 Å². The number of aryl methyl sites for hydroxylation is 1. The molecule has 1 saturated heterocycles. The van der Waals surface area contributed by atoms with Crippen molar-refractivity contribution in [3.8, 4) is 0 Å². The molecule has 2 aromatic carbocycles. The molecule has 2 aliphatic heterocycles. The zero-order valence-electron chi connectivity index (χ0n) is 22.4. The number of nitrogens with zero attached hydrogens (tertiary/aromatic N) is 4. The number of anilines is 1. The van der Waals surface area contributed by atoms with E-state index in [1.54, 1.807) is 48.5 Å². The highest BCUT2D eigenvalue weighted by atomic mass is 32.2. The number of thioether (sulfide) groups is 2. The fourth-order valence-electron chi connectivity index (χ4n) is 4.90. The zero-order valence-corrected chi connectivity index (χ0v) is 24.8. The van der Waals surface area contributed by atoms with Crippen LogP contribution in [0.3, 0.4) is 0 Å². The number of carbonyl (C=O) groups excluding carboxylic acids is 3. The molecule has 2 atom stereocenters. The second-order valence-corrected chi connectivity index (χ2v) is 13.1. The number of hydrogen-bond donors (Lipinski definition) is 4. The summed E-state index contributed by atoms with van der Waals surface area (Å²) in [6, 6.07) is 11.8. The van der Waals surface area contributed by atoms with E-state index in [4.69, 9.17) is 0 Å². The summed E-state index contributed by atoms with van der Waals surface area (Å²) in [5.41, 5.74) is 1.66. The first kappa shape index (κ1) is 28.7. The topological polar surface area (TPSA) is 179 Å². The van der Waals surface area contributed by atoms with Crippen LogP contribution >= 0.6 is 34.9 Å². The molecule has 6 rings (SSSR count). The predicted octanol–water partition coefficient (Wildman–Crippen LogP) is 2.64. The average molecular weight is 638 g/mol. The largest absolute Gasteiger partial charge is 0.477 e. The molecule has 2 aliphatic rings. The number of rotatable bonds is 8. The first-order valence-electron chi connectivity index (χ1n) is 12.9. The first-order valence-corrected chi connectivity index (χ1v) is 15.8. The van der Waals surface area contributed by atoms with E-state index in [9.17, 15) is 29.1 Å². The molecule has 3 amide bonds. The van der Waals surface area contributed by atoms with Gasteiger partial charge in [0.2, 0.25) is 5.91 Å². The number of hydrogen-bond acceptors (Lipinski definition) is 10. The van der Waals surface area contributed by atoms with Gasteiger partial charge in [0.15, 0.2) is 4.34 Å². The van der Waals surface area contributed by atoms with Crippen LogP contribution in [-0.2, 0) is 20.8 Å². The Kier molecular flexibility index (Phi) is 7.81. The third kappa shape index (κ3) is 5.55. The normalized spacial score (nSPS) is 17.9. The number of nitrogens with one attached hydrogen (secondary N) is 3. The van der Waals surface area contributed by atoms with Crippen LogP contribution in [0, 0.1) is 6.92 Å². The van der Waals surface area contributed by atoms with Crippen molar-refractivity contribution in [3.05, 3.63) is 80.9 Å². The van der Waals surface area contributed by atoms with Gasteiger partial charge in [0.1, 0.15) is 22.1 Å². The molecule has 16 heteroatoms. The number of benzene rings is 2. The van der Waals surface area contributed by atoms with Crippen molar-refractivity contribution in [1.29, 1.82) is 0 Å². The minimum atomic E-state index is -1.20. The lowest BCUT2D eigenvalue weighted by Gasteiger charge is -2.49. The molecular formula is C27H23N7O6S3. The number of carboxylic acid groups (broad SMARTS) is 1. The van der Waals surface area contributed by atoms with E-state index in [0.29, 0.717) is 43.7 Å². The maximum absolute atomic E-state index is 13.1. The van der Waals surface area contributed by atoms with Crippen molar-refractivity contribution >= 4 is 75.4 Å². The maximum atomic E-state index is 13.1. The third-order valence-electron chi connectivity index (χ3n) is 6.85. The molecule has 0 radical (unpaired) electrons. The number of β-lactam (4-membered cyclic amide) rings is 1. The van der Waals surface area contributed by atoms with Gasteiger partial charge in [-0.1, -0.05) is 53.4 Å².